The van der Waals surface area contributed by atoms with E-state index in [1.54, 1.807) is 12.1 Å². The van der Waals surface area contributed by atoms with Crippen molar-refractivity contribution in [1.29, 1.82) is 0 Å². The summed E-state index contributed by atoms with van der Waals surface area (Å²) in [7, 11) is 0. The molecule has 0 saturated carbocycles. The fraction of sp³-hybridized carbons (Fsp3) is 0.545. The number of furan rings is 1. The lowest BCUT2D eigenvalue weighted by atomic mass is 10.1. The lowest BCUT2D eigenvalue weighted by Gasteiger charge is -2.22. The minimum Gasteiger partial charge on any atom is -0.440 e. The molecule has 5 heteroatoms. The molecule has 2 aliphatic rings. The molecule has 1 aromatic rings. The van der Waals surface area contributed by atoms with Crippen molar-refractivity contribution in [2.75, 3.05) is 13.1 Å². The molecule has 3 heterocycles. The van der Waals surface area contributed by atoms with E-state index in [4.69, 9.17) is 16.0 Å². The molecule has 16 heavy (non-hydrogen) atoms. The minimum absolute atomic E-state index is 0.0388. The molecule has 2 saturated heterocycles. The van der Waals surface area contributed by atoms with Crippen molar-refractivity contribution in [3.05, 3.63) is 23.1 Å². The van der Waals surface area contributed by atoms with Gasteiger partial charge in [0.05, 0.1) is 0 Å². The van der Waals surface area contributed by atoms with Gasteiger partial charge in [-0.3, -0.25) is 4.79 Å². The van der Waals surface area contributed by atoms with E-state index >= 15 is 0 Å². The fourth-order valence-corrected chi connectivity index (χ4v) is 2.83. The number of hydrogen-bond donors (Lipinski definition) is 1. The standard InChI is InChI=1S/C11H13ClN2O2/c12-10-2-1-9(16-10)11(15)14-6-4-7-8(14)3-5-13-7/h1-2,7-8,13H,3-6H2. The van der Waals surface area contributed by atoms with Crippen LogP contribution < -0.4 is 5.32 Å². The number of carbonyl (C=O) groups excluding carboxylic acids is 1. The summed E-state index contributed by atoms with van der Waals surface area (Å²) in [5.74, 6) is 0.306. The second-order valence-electron chi connectivity index (χ2n) is 4.31. The maximum atomic E-state index is 12.1. The largest absolute Gasteiger partial charge is 0.440 e. The van der Waals surface area contributed by atoms with Crippen LogP contribution in [0.15, 0.2) is 16.5 Å². The molecule has 2 unspecified atom stereocenters. The summed E-state index contributed by atoms with van der Waals surface area (Å²) in [6, 6.07) is 4.04. The summed E-state index contributed by atoms with van der Waals surface area (Å²) < 4.78 is 5.16. The van der Waals surface area contributed by atoms with E-state index in [1.807, 2.05) is 4.90 Å². The van der Waals surface area contributed by atoms with Crippen molar-refractivity contribution < 1.29 is 9.21 Å². The van der Waals surface area contributed by atoms with Crippen LogP contribution >= 0.6 is 11.6 Å². The van der Waals surface area contributed by atoms with Crippen LogP contribution in [0.2, 0.25) is 5.22 Å². The summed E-state index contributed by atoms with van der Waals surface area (Å²) in [6.45, 7) is 1.80. The molecule has 0 spiro atoms. The first-order chi connectivity index (χ1) is 7.75. The van der Waals surface area contributed by atoms with Gasteiger partial charge in [0.15, 0.2) is 11.0 Å². The monoisotopic (exact) mass is 240 g/mol. The zero-order valence-corrected chi connectivity index (χ0v) is 9.54. The number of fused-ring (bicyclic) bond motifs is 1. The Bertz CT molecular complexity index is 418. The second-order valence-corrected chi connectivity index (χ2v) is 4.68. The number of nitrogens with one attached hydrogen (secondary N) is 1. The van der Waals surface area contributed by atoms with E-state index in [2.05, 4.69) is 5.32 Å². The van der Waals surface area contributed by atoms with E-state index < -0.39 is 0 Å². The first-order valence-corrected chi connectivity index (χ1v) is 5.93. The topological polar surface area (TPSA) is 45.5 Å². The molecular formula is C11H13ClN2O2. The number of nitrogens with zero attached hydrogens (tertiary/aromatic N) is 1. The van der Waals surface area contributed by atoms with Gasteiger partial charge in [-0.25, -0.2) is 0 Å². The van der Waals surface area contributed by atoms with Crippen molar-refractivity contribution in [1.82, 2.24) is 10.2 Å². The molecule has 4 nitrogen and oxygen atoms in total. The molecule has 3 rings (SSSR count). The molecule has 1 aromatic heterocycles. The Kier molecular flexibility index (Phi) is 2.41. The molecule has 2 fully saturated rings. The van der Waals surface area contributed by atoms with Gasteiger partial charge >= 0.3 is 0 Å². The van der Waals surface area contributed by atoms with E-state index in [1.165, 1.54) is 0 Å². The third kappa shape index (κ3) is 1.53. The number of hydrogen-bond acceptors (Lipinski definition) is 3. The first kappa shape index (κ1) is 10.2. The van der Waals surface area contributed by atoms with Gasteiger partial charge in [-0.05, 0) is 43.1 Å². The van der Waals surface area contributed by atoms with Crippen LogP contribution in [0.25, 0.3) is 0 Å². The maximum absolute atomic E-state index is 12.1. The number of likely N-dealkylation sites (tertiary alicyclic amines) is 1. The van der Waals surface area contributed by atoms with Crippen molar-refractivity contribution in [2.45, 2.75) is 24.9 Å². The highest BCUT2D eigenvalue weighted by Crippen LogP contribution is 2.27. The lowest BCUT2D eigenvalue weighted by Crippen LogP contribution is -2.38. The highest BCUT2D eigenvalue weighted by atomic mass is 35.5. The minimum atomic E-state index is -0.0388. The molecule has 0 aliphatic carbocycles. The van der Waals surface area contributed by atoms with Crippen molar-refractivity contribution in [3.8, 4) is 0 Å². The van der Waals surface area contributed by atoms with Gasteiger partial charge in [-0.1, -0.05) is 0 Å². The quantitative estimate of drug-likeness (QED) is 0.810. The van der Waals surface area contributed by atoms with Gasteiger partial charge in [-0.2, -0.15) is 0 Å². The van der Waals surface area contributed by atoms with Crippen LogP contribution in [-0.2, 0) is 0 Å². The maximum Gasteiger partial charge on any atom is 0.289 e. The average Bonchev–Trinajstić information content (AvgIpc) is 2.90. The van der Waals surface area contributed by atoms with Crippen LogP contribution in [0.5, 0.6) is 0 Å². The summed E-state index contributed by atoms with van der Waals surface area (Å²) in [5.41, 5.74) is 0. The predicted molar refractivity (Wildman–Crippen MR) is 59.6 cm³/mol. The van der Waals surface area contributed by atoms with E-state index in [0.29, 0.717) is 17.8 Å². The average molecular weight is 241 g/mol. The van der Waals surface area contributed by atoms with Gasteiger partial charge in [-0.15, -0.1) is 0 Å². The van der Waals surface area contributed by atoms with E-state index in [-0.39, 0.29) is 11.1 Å². The van der Waals surface area contributed by atoms with Crippen LogP contribution in [0.1, 0.15) is 23.4 Å². The molecular weight excluding hydrogens is 228 g/mol. The van der Waals surface area contributed by atoms with E-state index in [9.17, 15) is 4.79 Å². The molecule has 2 atom stereocenters. The van der Waals surface area contributed by atoms with Crippen molar-refractivity contribution >= 4 is 17.5 Å². The zero-order chi connectivity index (χ0) is 11.1. The number of rotatable bonds is 1. The Balaban J connectivity index is 1.80. The highest BCUT2D eigenvalue weighted by Gasteiger charge is 2.40. The summed E-state index contributed by atoms with van der Waals surface area (Å²) in [4.78, 5) is 14.1. The summed E-state index contributed by atoms with van der Waals surface area (Å²) in [6.07, 6.45) is 2.07. The predicted octanol–water partition coefficient (Wildman–Crippen LogP) is 1.51. The first-order valence-electron chi connectivity index (χ1n) is 5.55. The molecule has 0 aromatic carbocycles. The van der Waals surface area contributed by atoms with Crippen LogP contribution in [-0.4, -0.2) is 36.0 Å². The van der Waals surface area contributed by atoms with Crippen LogP contribution in [0.3, 0.4) is 0 Å². The third-order valence-corrected chi connectivity index (χ3v) is 3.64. The van der Waals surface area contributed by atoms with Crippen LogP contribution in [0, 0.1) is 0 Å². The molecule has 1 amide bonds. The van der Waals surface area contributed by atoms with Gasteiger partial charge in [0.25, 0.3) is 5.91 Å². The SMILES string of the molecule is O=C(c1ccc(Cl)o1)N1CCC2NCCC21. The van der Waals surface area contributed by atoms with Crippen LogP contribution in [0.4, 0.5) is 0 Å². The molecule has 0 bridgehead atoms. The Hall–Kier alpha value is -1.00. The Morgan fingerprint density at radius 2 is 2.38 bits per heavy atom. The van der Waals surface area contributed by atoms with Crippen molar-refractivity contribution in [2.24, 2.45) is 0 Å². The summed E-state index contributed by atoms with van der Waals surface area (Å²) in [5, 5.41) is 3.68. The molecule has 2 aliphatic heterocycles. The van der Waals surface area contributed by atoms with Gasteiger partial charge < -0.3 is 14.6 Å². The summed E-state index contributed by atoms with van der Waals surface area (Å²) >= 11 is 5.67. The Morgan fingerprint density at radius 1 is 1.50 bits per heavy atom. The Labute approximate surface area is 98.5 Å². The number of carbonyl (C=O) groups is 1. The van der Waals surface area contributed by atoms with Gasteiger partial charge in [0, 0.05) is 18.6 Å². The van der Waals surface area contributed by atoms with Gasteiger partial charge in [0.1, 0.15) is 0 Å². The lowest BCUT2D eigenvalue weighted by molar-refractivity contribution is 0.0705. The molecule has 0 radical (unpaired) electrons. The third-order valence-electron chi connectivity index (χ3n) is 3.44. The van der Waals surface area contributed by atoms with Crippen molar-refractivity contribution in [3.63, 3.8) is 0 Å². The molecule has 86 valence electrons. The number of amides is 1. The second kappa shape index (κ2) is 3.79. The fourth-order valence-electron chi connectivity index (χ4n) is 2.69. The zero-order valence-electron chi connectivity index (χ0n) is 8.78. The highest BCUT2D eigenvalue weighted by molar-refractivity contribution is 6.29. The Morgan fingerprint density at radius 3 is 3.12 bits per heavy atom. The molecule has 1 N–H and O–H groups in total. The van der Waals surface area contributed by atoms with Gasteiger partial charge in [0.2, 0.25) is 0 Å². The number of halogens is 1. The smallest absolute Gasteiger partial charge is 0.289 e. The van der Waals surface area contributed by atoms with E-state index in [0.717, 1.165) is 25.9 Å². The normalized spacial score (nSPS) is 28.4.